The van der Waals surface area contributed by atoms with Gasteiger partial charge in [-0.1, -0.05) is 36.4 Å². The second kappa shape index (κ2) is 5.08. The fourth-order valence-corrected chi connectivity index (χ4v) is 4.27. The number of aromatic nitrogens is 3. The van der Waals surface area contributed by atoms with Crippen molar-refractivity contribution >= 4 is 33.1 Å². The number of benzene rings is 2. The Morgan fingerprint density at radius 3 is 2.62 bits per heavy atom. The third kappa shape index (κ3) is 2.00. The lowest BCUT2D eigenvalue weighted by molar-refractivity contribution is 1.26. The number of hydrogen-bond acceptors (Lipinski definition) is 2. The molecule has 24 heavy (non-hydrogen) atoms. The second-order valence-electron chi connectivity index (χ2n) is 5.95. The fraction of sp³-hybridized carbons (Fsp3) is 0.0500. The minimum Gasteiger partial charge on any atom is -0.360 e. The maximum absolute atomic E-state index is 4.83. The van der Waals surface area contributed by atoms with Crippen molar-refractivity contribution in [3.05, 3.63) is 66.5 Å². The van der Waals surface area contributed by atoms with Crippen LogP contribution in [0, 0.1) is 6.92 Å². The molecule has 0 atom stereocenters. The minimum atomic E-state index is 1.05. The standard InChI is InChI=1S/C20H15N3S/c1-12-19(18-10-13-6-2-4-8-16(13)23-18)24-20(22-12)15-11-21-17-9-5-3-7-14(15)17/h2-11,21,23H,1H3. The Morgan fingerprint density at radius 1 is 0.958 bits per heavy atom. The Kier molecular flexibility index (Phi) is 2.87. The first-order chi connectivity index (χ1) is 11.8. The highest BCUT2D eigenvalue weighted by atomic mass is 32.1. The summed E-state index contributed by atoms with van der Waals surface area (Å²) in [4.78, 5) is 12.9. The minimum absolute atomic E-state index is 1.05. The normalized spacial score (nSPS) is 11.5. The Labute approximate surface area is 143 Å². The van der Waals surface area contributed by atoms with Crippen LogP contribution in [-0.2, 0) is 0 Å². The molecule has 0 fully saturated rings. The molecule has 116 valence electrons. The molecule has 5 aromatic rings. The van der Waals surface area contributed by atoms with E-state index in [1.54, 1.807) is 11.3 Å². The van der Waals surface area contributed by atoms with Crippen LogP contribution in [0.4, 0.5) is 0 Å². The molecule has 0 aliphatic carbocycles. The van der Waals surface area contributed by atoms with Crippen LogP contribution in [0.1, 0.15) is 5.69 Å². The highest BCUT2D eigenvalue weighted by Crippen LogP contribution is 2.38. The number of aryl methyl sites for hydroxylation is 1. The molecule has 0 saturated heterocycles. The Balaban J connectivity index is 1.67. The van der Waals surface area contributed by atoms with Crippen LogP contribution in [0.25, 0.3) is 42.9 Å². The number of nitrogens with one attached hydrogen (secondary N) is 2. The van der Waals surface area contributed by atoms with Crippen molar-refractivity contribution in [2.75, 3.05) is 0 Å². The van der Waals surface area contributed by atoms with Gasteiger partial charge in [-0.2, -0.15) is 0 Å². The van der Waals surface area contributed by atoms with Crippen molar-refractivity contribution < 1.29 is 0 Å². The summed E-state index contributed by atoms with van der Waals surface area (Å²) in [5.41, 5.74) is 5.67. The zero-order chi connectivity index (χ0) is 16.1. The quantitative estimate of drug-likeness (QED) is 0.425. The summed E-state index contributed by atoms with van der Waals surface area (Å²) >= 11 is 1.74. The van der Waals surface area contributed by atoms with E-state index in [0.29, 0.717) is 0 Å². The molecule has 0 aliphatic rings. The van der Waals surface area contributed by atoms with Crippen molar-refractivity contribution in [1.82, 2.24) is 15.0 Å². The molecule has 5 rings (SSSR count). The summed E-state index contributed by atoms with van der Waals surface area (Å²) in [5, 5.41) is 3.50. The summed E-state index contributed by atoms with van der Waals surface area (Å²) in [6.45, 7) is 2.08. The van der Waals surface area contributed by atoms with E-state index in [4.69, 9.17) is 4.98 Å². The van der Waals surface area contributed by atoms with Crippen molar-refractivity contribution in [3.63, 3.8) is 0 Å². The van der Waals surface area contributed by atoms with Gasteiger partial charge in [-0.15, -0.1) is 11.3 Å². The Bertz CT molecular complexity index is 1140. The first kappa shape index (κ1) is 13.6. The number of para-hydroxylation sites is 2. The van der Waals surface area contributed by atoms with Gasteiger partial charge in [-0.05, 0) is 25.1 Å². The monoisotopic (exact) mass is 329 g/mol. The lowest BCUT2D eigenvalue weighted by Crippen LogP contribution is -1.77. The van der Waals surface area contributed by atoms with Gasteiger partial charge in [0.1, 0.15) is 5.01 Å². The molecule has 0 radical (unpaired) electrons. The van der Waals surface area contributed by atoms with Crippen molar-refractivity contribution in [2.45, 2.75) is 6.92 Å². The van der Waals surface area contributed by atoms with Crippen molar-refractivity contribution in [1.29, 1.82) is 0 Å². The van der Waals surface area contributed by atoms with Crippen molar-refractivity contribution in [2.24, 2.45) is 0 Å². The van der Waals surface area contributed by atoms with Crippen LogP contribution in [0.5, 0.6) is 0 Å². The number of thiazole rings is 1. The van der Waals surface area contributed by atoms with E-state index in [-0.39, 0.29) is 0 Å². The molecule has 2 aromatic carbocycles. The van der Waals surface area contributed by atoms with Crippen LogP contribution in [-0.4, -0.2) is 15.0 Å². The average molecular weight is 329 g/mol. The molecule has 0 unspecified atom stereocenters. The van der Waals surface area contributed by atoms with Gasteiger partial charge < -0.3 is 9.97 Å². The molecular weight excluding hydrogens is 314 g/mol. The zero-order valence-corrected chi connectivity index (χ0v) is 13.9. The van der Waals surface area contributed by atoms with Gasteiger partial charge in [0.15, 0.2) is 0 Å². The molecule has 4 heteroatoms. The maximum Gasteiger partial charge on any atom is 0.126 e. The lowest BCUT2D eigenvalue weighted by Gasteiger charge is -1.93. The molecule has 2 N–H and O–H groups in total. The topological polar surface area (TPSA) is 44.5 Å². The zero-order valence-electron chi connectivity index (χ0n) is 13.1. The van der Waals surface area contributed by atoms with Gasteiger partial charge in [0, 0.05) is 33.6 Å². The van der Waals surface area contributed by atoms with Crippen LogP contribution in [0.2, 0.25) is 0 Å². The predicted molar refractivity (Wildman–Crippen MR) is 101 cm³/mol. The fourth-order valence-electron chi connectivity index (χ4n) is 3.21. The first-order valence-corrected chi connectivity index (χ1v) is 8.73. The van der Waals surface area contributed by atoms with Crippen LogP contribution < -0.4 is 0 Å². The van der Waals surface area contributed by atoms with Crippen molar-refractivity contribution in [3.8, 4) is 21.1 Å². The van der Waals surface area contributed by atoms with Crippen LogP contribution in [0.15, 0.2) is 60.8 Å². The van der Waals surface area contributed by atoms with E-state index in [1.807, 2.05) is 6.07 Å². The number of rotatable bonds is 2. The first-order valence-electron chi connectivity index (χ1n) is 7.91. The summed E-state index contributed by atoms with van der Waals surface area (Å²) < 4.78 is 0. The summed E-state index contributed by atoms with van der Waals surface area (Å²) in [7, 11) is 0. The van der Waals surface area contributed by atoms with E-state index in [9.17, 15) is 0 Å². The summed E-state index contributed by atoms with van der Waals surface area (Å²) in [6.07, 6.45) is 2.05. The molecule has 3 heterocycles. The molecular formula is C20H15N3S. The third-order valence-corrected chi connectivity index (χ3v) is 5.61. The van der Waals surface area contributed by atoms with Gasteiger partial charge in [0.05, 0.1) is 16.3 Å². The number of aromatic amines is 2. The molecule has 0 saturated carbocycles. The Morgan fingerprint density at radius 2 is 1.75 bits per heavy atom. The van der Waals surface area contributed by atoms with E-state index in [1.165, 1.54) is 21.2 Å². The smallest absolute Gasteiger partial charge is 0.126 e. The van der Waals surface area contributed by atoms with Gasteiger partial charge in [0.25, 0.3) is 0 Å². The van der Waals surface area contributed by atoms with Gasteiger partial charge in [0.2, 0.25) is 0 Å². The molecule has 0 spiro atoms. The lowest BCUT2D eigenvalue weighted by atomic mass is 10.2. The third-order valence-electron chi connectivity index (χ3n) is 4.39. The average Bonchev–Trinajstić information content (AvgIpc) is 3.29. The van der Waals surface area contributed by atoms with Crippen LogP contribution >= 0.6 is 11.3 Å². The molecule has 3 nitrogen and oxygen atoms in total. The number of H-pyrrole nitrogens is 2. The molecule has 0 amide bonds. The summed E-state index contributed by atoms with van der Waals surface area (Å²) in [5.74, 6) is 0. The Hall–Kier alpha value is -2.85. The predicted octanol–water partition coefficient (Wildman–Crippen LogP) is 5.75. The summed E-state index contributed by atoms with van der Waals surface area (Å²) in [6, 6.07) is 18.9. The maximum atomic E-state index is 4.83. The van der Waals surface area contributed by atoms with E-state index < -0.39 is 0 Å². The SMILES string of the molecule is Cc1nc(-c2c[nH]c3ccccc23)sc1-c1cc2ccccc2[nH]1. The number of nitrogens with zero attached hydrogens (tertiary/aromatic N) is 1. The van der Waals surface area contributed by atoms with Gasteiger partial charge >= 0.3 is 0 Å². The van der Waals surface area contributed by atoms with E-state index in [0.717, 1.165) is 27.4 Å². The molecule has 0 aliphatic heterocycles. The molecule has 3 aromatic heterocycles. The van der Waals surface area contributed by atoms with E-state index in [2.05, 4.69) is 71.6 Å². The molecule has 0 bridgehead atoms. The van der Waals surface area contributed by atoms with Gasteiger partial charge in [-0.25, -0.2) is 4.98 Å². The largest absolute Gasteiger partial charge is 0.360 e. The van der Waals surface area contributed by atoms with Crippen LogP contribution in [0.3, 0.4) is 0 Å². The highest BCUT2D eigenvalue weighted by Gasteiger charge is 2.15. The van der Waals surface area contributed by atoms with Gasteiger partial charge in [-0.3, -0.25) is 0 Å². The number of hydrogen-bond donors (Lipinski definition) is 2. The van der Waals surface area contributed by atoms with E-state index >= 15 is 0 Å². The number of fused-ring (bicyclic) bond motifs is 2. The highest BCUT2D eigenvalue weighted by molar-refractivity contribution is 7.18. The second-order valence-corrected chi connectivity index (χ2v) is 6.95.